The van der Waals surface area contributed by atoms with Crippen molar-refractivity contribution in [3.63, 3.8) is 0 Å². The second-order valence-electron chi connectivity index (χ2n) is 3.26. The predicted molar refractivity (Wildman–Crippen MR) is 61.4 cm³/mol. The Labute approximate surface area is 108 Å². The zero-order chi connectivity index (χ0) is 13.8. The van der Waals surface area contributed by atoms with E-state index in [0.29, 0.717) is 11.8 Å². The third-order valence-electron chi connectivity index (χ3n) is 2.15. The number of ether oxygens (including phenoxy) is 3. The lowest BCUT2D eigenvalue weighted by Crippen LogP contribution is -2.08. The van der Waals surface area contributed by atoms with E-state index in [9.17, 15) is 4.79 Å². The van der Waals surface area contributed by atoms with E-state index in [1.165, 1.54) is 38.4 Å². The lowest BCUT2D eigenvalue weighted by atomic mass is 10.6. The van der Waals surface area contributed by atoms with E-state index in [2.05, 4.69) is 24.8 Å². The third-order valence-corrected chi connectivity index (χ3v) is 2.15. The highest BCUT2D eigenvalue weighted by Gasteiger charge is 2.14. The number of hydrogen-bond donors (Lipinski definition) is 0. The largest absolute Gasteiger partial charge is 0.481 e. The van der Waals surface area contributed by atoms with Crippen molar-refractivity contribution in [2.45, 2.75) is 0 Å². The Morgan fingerprint density at radius 1 is 1.16 bits per heavy atom. The van der Waals surface area contributed by atoms with Crippen LogP contribution in [0, 0.1) is 0 Å². The van der Waals surface area contributed by atoms with Gasteiger partial charge < -0.3 is 14.2 Å². The minimum atomic E-state index is -0.645. The van der Waals surface area contributed by atoms with Crippen molar-refractivity contribution in [2.24, 2.45) is 0 Å². The summed E-state index contributed by atoms with van der Waals surface area (Å²) in [5.41, 5.74) is 0. The van der Waals surface area contributed by atoms with Gasteiger partial charge in [-0.2, -0.15) is 14.6 Å². The molecule has 0 atom stereocenters. The average Bonchev–Trinajstić information content (AvgIpc) is 2.95. The van der Waals surface area contributed by atoms with Gasteiger partial charge in [0.15, 0.2) is 0 Å². The van der Waals surface area contributed by atoms with Crippen LogP contribution in [0.15, 0.2) is 12.4 Å². The Morgan fingerprint density at radius 3 is 2.32 bits per heavy atom. The smallest absolute Gasteiger partial charge is 0.377 e. The molecule has 0 aliphatic rings. The number of methoxy groups -OCH3 is 3. The number of nitrogens with zero attached hydrogens (tertiary/aromatic N) is 5. The van der Waals surface area contributed by atoms with Crippen molar-refractivity contribution in [1.29, 1.82) is 0 Å². The fourth-order valence-corrected chi connectivity index (χ4v) is 1.25. The first-order valence-corrected chi connectivity index (χ1v) is 5.15. The van der Waals surface area contributed by atoms with E-state index >= 15 is 0 Å². The molecule has 0 radical (unpaired) electrons. The molecule has 0 unspecified atom stereocenters. The van der Waals surface area contributed by atoms with Crippen molar-refractivity contribution in [3.05, 3.63) is 18.2 Å². The van der Waals surface area contributed by atoms with Gasteiger partial charge in [0.1, 0.15) is 6.33 Å². The Bertz CT molecular complexity index is 575. The van der Waals surface area contributed by atoms with Gasteiger partial charge >= 0.3 is 5.97 Å². The molecule has 0 N–H and O–H groups in total. The minimum Gasteiger partial charge on any atom is -0.481 e. The highest BCUT2D eigenvalue weighted by Crippen LogP contribution is 2.16. The van der Waals surface area contributed by atoms with E-state index in [1.807, 2.05) is 0 Å². The molecule has 0 spiro atoms. The Kier molecular flexibility index (Phi) is 3.55. The molecule has 9 nitrogen and oxygen atoms in total. The van der Waals surface area contributed by atoms with E-state index < -0.39 is 5.97 Å². The van der Waals surface area contributed by atoms with Crippen LogP contribution in [0.1, 0.15) is 10.6 Å². The van der Waals surface area contributed by atoms with Crippen LogP contribution in [-0.4, -0.2) is 52.0 Å². The van der Waals surface area contributed by atoms with Gasteiger partial charge in [-0.3, -0.25) is 0 Å². The summed E-state index contributed by atoms with van der Waals surface area (Å²) < 4.78 is 15.7. The molecule has 0 bridgehead atoms. The molecule has 2 heterocycles. The molecule has 100 valence electrons. The van der Waals surface area contributed by atoms with Crippen molar-refractivity contribution >= 4 is 5.97 Å². The summed E-state index contributed by atoms with van der Waals surface area (Å²) >= 11 is 0. The molecular formula is C10H11N5O4. The Morgan fingerprint density at radius 2 is 1.79 bits per heavy atom. The first-order chi connectivity index (χ1) is 9.17. The summed E-state index contributed by atoms with van der Waals surface area (Å²) in [6, 6.07) is 1.52. The van der Waals surface area contributed by atoms with Gasteiger partial charge in [0.2, 0.25) is 11.8 Å². The second kappa shape index (κ2) is 5.29. The van der Waals surface area contributed by atoms with Crippen LogP contribution in [0.5, 0.6) is 11.8 Å². The SMILES string of the molecule is COC(=O)c1ncn(-c2nc(OC)cc(OC)n2)n1. The number of hydrogen-bond acceptors (Lipinski definition) is 8. The number of carbonyl (C=O) groups is 1. The van der Waals surface area contributed by atoms with Gasteiger partial charge in [-0.05, 0) is 0 Å². The zero-order valence-corrected chi connectivity index (χ0v) is 10.5. The molecular weight excluding hydrogens is 254 g/mol. The lowest BCUT2D eigenvalue weighted by molar-refractivity contribution is 0.0587. The topological polar surface area (TPSA) is 101 Å². The number of rotatable bonds is 4. The fraction of sp³-hybridized carbons (Fsp3) is 0.300. The highest BCUT2D eigenvalue weighted by molar-refractivity contribution is 5.84. The lowest BCUT2D eigenvalue weighted by Gasteiger charge is -2.05. The summed E-state index contributed by atoms with van der Waals surface area (Å²) in [6.45, 7) is 0. The van der Waals surface area contributed by atoms with Crippen LogP contribution in [0.3, 0.4) is 0 Å². The molecule has 2 aromatic heterocycles. The third kappa shape index (κ3) is 2.59. The van der Waals surface area contributed by atoms with Crippen LogP contribution in [0.4, 0.5) is 0 Å². The Balaban J connectivity index is 2.40. The van der Waals surface area contributed by atoms with E-state index in [4.69, 9.17) is 9.47 Å². The predicted octanol–water partition coefficient (Wildman–Crippen LogP) is -0.139. The second-order valence-corrected chi connectivity index (χ2v) is 3.26. The average molecular weight is 265 g/mol. The van der Waals surface area contributed by atoms with Gasteiger partial charge in [-0.15, -0.1) is 5.10 Å². The van der Waals surface area contributed by atoms with Gasteiger partial charge in [0.05, 0.1) is 27.4 Å². The number of esters is 1. The molecule has 0 fully saturated rings. The van der Waals surface area contributed by atoms with Crippen molar-refractivity contribution in [3.8, 4) is 17.7 Å². The quantitative estimate of drug-likeness (QED) is 0.704. The van der Waals surface area contributed by atoms with Crippen LogP contribution in [0.25, 0.3) is 5.95 Å². The van der Waals surface area contributed by atoms with Crippen LogP contribution in [0.2, 0.25) is 0 Å². The van der Waals surface area contributed by atoms with Crippen LogP contribution < -0.4 is 9.47 Å². The van der Waals surface area contributed by atoms with Gasteiger partial charge in [-0.1, -0.05) is 0 Å². The maximum Gasteiger partial charge on any atom is 0.377 e. The number of carbonyl (C=O) groups excluding carboxylic acids is 1. The summed E-state index contributed by atoms with van der Waals surface area (Å²) in [6.07, 6.45) is 1.29. The summed E-state index contributed by atoms with van der Waals surface area (Å²) in [5, 5.41) is 3.90. The minimum absolute atomic E-state index is 0.0899. The molecule has 0 aliphatic heterocycles. The molecule has 0 aromatic carbocycles. The standard InChI is InChI=1S/C10H11N5O4/c1-17-6-4-7(18-2)13-10(12-6)15-5-11-8(14-15)9(16)19-3/h4-5H,1-3H3. The Hall–Kier alpha value is -2.71. The van der Waals surface area contributed by atoms with Gasteiger partial charge in [0, 0.05) is 0 Å². The van der Waals surface area contributed by atoms with Crippen molar-refractivity contribution in [2.75, 3.05) is 21.3 Å². The molecule has 9 heteroatoms. The zero-order valence-electron chi connectivity index (χ0n) is 10.5. The van der Waals surface area contributed by atoms with Gasteiger partial charge in [0.25, 0.3) is 11.8 Å². The summed E-state index contributed by atoms with van der Waals surface area (Å²) in [5.74, 6) is 0.0364. The van der Waals surface area contributed by atoms with Crippen LogP contribution >= 0.6 is 0 Å². The van der Waals surface area contributed by atoms with Crippen molar-refractivity contribution < 1.29 is 19.0 Å². The van der Waals surface area contributed by atoms with Gasteiger partial charge in [-0.25, -0.2) is 9.78 Å². The first-order valence-electron chi connectivity index (χ1n) is 5.15. The molecule has 0 saturated carbocycles. The molecule has 0 saturated heterocycles. The first kappa shape index (κ1) is 12.7. The normalized spacial score (nSPS) is 10.1. The van der Waals surface area contributed by atoms with Crippen molar-refractivity contribution in [1.82, 2.24) is 24.7 Å². The molecule has 2 aromatic rings. The molecule has 2 rings (SSSR count). The summed E-state index contributed by atoms with van der Waals surface area (Å²) in [4.78, 5) is 23.2. The van der Waals surface area contributed by atoms with E-state index in [1.54, 1.807) is 0 Å². The van der Waals surface area contributed by atoms with E-state index in [-0.39, 0.29) is 11.8 Å². The number of aromatic nitrogens is 5. The van der Waals surface area contributed by atoms with Crippen LogP contribution in [-0.2, 0) is 4.74 Å². The van der Waals surface area contributed by atoms with E-state index in [0.717, 1.165) is 0 Å². The maximum atomic E-state index is 11.3. The monoisotopic (exact) mass is 265 g/mol. The maximum absolute atomic E-state index is 11.3. The molecule has 0 amide bonds. The molecule has 0 aliphatic carbocycles. The fourth-order valence-electron chi connectivity index (χ4n) is 1.25. The summed E-state index contributed by atoms with van der Waals surface area (Å²) in [7, 11) is 4.17. The molecule has 19 heavy (non-hydrogen) atoms. The highest BCUT2D eigenvalue weighted by atomic mass is 16.5.